The Morgan fingerprint density at radius 3 is 2.39 bits per heavy atom. The number of hydrogen-bond acceptors (Lipinski definition) is 4. The van der Waals surface area contributed by atoms with Gasteiger partial charge in [-0.05, 0) is 42.9 Å². The van der Waals surface area contributed by atoms with Crippen LogP contribution < -0.4 is 0 Å². The van der Waals surface area contributed by atoms with Crippen LogP contribution in [0.4, 0.5) is 0 Å². The van der Waals surface area contributed by atoms with Gasteiger partial charge in [0.05, 0.1) is 11.4 Å². The van der Waals surface area contributed by atoms with Gasteiger partial charge in [0.1, 0.15) is 0 Å². The van der Waals surface area contributed by atoms with E-state index in [1.807, 2.05) is 42.3 Å². The molecule has 2 aromatic rings. The van der Waals surface area contributed by atoms with Crippen LogP contribution in [-0.4, -0.2) is 74.7 Å². The van der Waals surface area contributed by atoms with Crippen LogP contribution in [0.5, 0.6) is 0 Å². The van der Waals surface area contributed by atoms with Gasteiger partial charge in [-0.1, -0.05) is 43.7 Å². The van der Waals surface area contributed by atoms with Gasteiger partial charge in [-0.25, -0.2) is 8.42 Å². The molecule has 0 aromatic heterocycles. The van der Waals surface area contributed by atoms with Crippen molar-refractivity contribution in [2.24, 2.45) is 0 Å². The Kier molecular flexibility index (Phi) is 6.69. The maximum atomic E-state index is 13.0. The number of carbonyl (C=O) groups excluding carboxylic acids is 1. The minimum Gasteiger partial charge on any atom is -0.339 e. The first-order valence-corrected chi connectivity index (χ1v) is 11.3. The summed E-state index contributed by atoms with van der Waals surface area (Å²) in [4.78, 5) is 16.6. The lowest BCUT2D eigenvalue weighted by Gasteiger charge is -2.34. The number of benzene rings is 2. The van der Waals surface area contributed by atoms with E-state index in [0.29, 0.717) is 37.6 Å². The van der Waals surface area contributed by atoms with Crippen molar-refractivity contribution in [3.8, 4) is 0 Å². The molecule has 0 radical (unpaired) electrons. The Morgan fingerprint density at radius 2 is 1.71 bits per heavy atom. The molecule has 1 fully saturated rings. The van der Waals surface area contributed by atoms with E-state index in [1.165, 1.54) is 4.31 Å². The van der Waals surface area contributed by atoms with Crippen LogP contribution in [0.2, 0.25) is 0 Å². The molecule has 0 aliphatic carbocycles. The molecule has 7 heteroatoms. The third-order valence-electron chi connectivity index (χ3n) is 5.25. The smallest absolute Gasteiger partial charge is 0.243 e. The van der Waals surface area contributed by atoms with Gasteiger partial charge in [0.2, 0.25) is 15.9 Å². The normalized spacial score (nSPS) is 16.0. The number of carbonyl (C=O) groups is 1. The van der Waals surface area contributed by atoms with Crippen LogP contribution in [0, 0.1) is 0 Å². The van der Waals surface area contributed by atoms with E-state index in [9.17, 15) is 13.2 Å². The predicted molar refractivity (Wildman–Crippen MR) is 112 cm³/mol. The average molecular weight is 404 g/mol. The monoisotopic (exact) mass is 403 g/mol. The fraction of sp³-hybridized carbons (Fsp3) is 0.476. The van der Waals surface area contributed by atoms with Crippen LogP contribution in [0.25, 0.3) is 10.8 Å². The van der Waals surface area contributed by atoms with E-state index >= 15 is 0 Å². The first-order valence-electron chi connectivity index (χ1n) is 9.87. The number of amides is 1. The van der Waals surface area contributed by atoms with Gasteiger partial charge in [-0.2, -0.15) is 4.31 Å². The van der Waals surface area contributed by atoms with Gasteiger partial charge in [0.15, 0.2) is 0 Å². The number of hydrogen-bond donors (Lipinski definition) is 0. The summed E-state index contributed by atoms with van der Waals surface area (Å²) in [6.07, 6.45) is 2.17. The van der Waals surface area contributed by atoms with E-state index < -0.39 is 10.0 Å². The molecule has 1 aliphatic rings. The highest BCUT2D eigenvalue weighted by atomic mass is 32.2. The first-order chi connectivity index (χ1) is 13.4. The van der Waals surface area contributed by atoms with Gasteiger partial charge >= 0.3 is 0 Å². The number of rotatable bonds is 7. The van der Waals surface area contributed by atoms with Crippen molar-refractivity contribution in [2.45, 2.75) is 24.7 Å². The van der Waals surface area contributed by atoms with Gasteiger partial charge in [-0.3, -0.25) is 9.69 Å². The van der Waals surface area contributed by atoms with Crippen LogP contribution in [0.15, 0.2) is 47.4 Å². The standard InChI is InChI=1S/C21H29N3O3S/c1-3-4-11-22(2)17-21(25)23-12-14-24(15-13-23)28(26,27)20-10-9-18-7-5-6-8-19(18)16-20/h5-10,16H,3-4,11-15,17H2,1-2H3. The fourth-order valence-corrected chi connectivity index (χ4v) is 4.95. The third kappa shape index (κ3) is 4.71. The van der Waals surface area contributed by atoms with Crippen LogP contribution >= 0.6 is 0 Å². The first kappa shape index (κ1) is 20.8. The number of sulfonamides is 1. The topological polar surface area (TPSA) is 60.9 Å². The average Bonchev–Trinajstić information content (AvgIpc) is 2.72. The largest absolute Gasteiger partial charge is 0.339 e. The summed E-state index contributed by atoms with van der Waals surface area (Å²) >= 11 is 0. The molecule has 0 spiro atoms. The molecule has 0 N–H and O–H groups in total. The minimum absolute atomic E-state index is 0.0707. The lowest BCUT2D eigenvalue weighted by atomic mass is 10.1. The van der Waals surface area contributed by atoms with Crippen LogP contribution in [0.1, 0.15) is 19.8 Å². The molecule has 0 unspecified atom stereocenters. The Balaban J connectivity index is 1.62. The molecule has 0 atom stereocenters. The second kappa shape index (κ2) is 9.03. The van der Waals surface area contributed by atoms with Crippen molar-refractivity contribution in [1.29, 1.82) is 0 Å². The molecular weight excluding hydrogens is 374 g/mol. The second-order valence-electron chi connectivity index (χ2n) is 7.39. The van der Waals surface area contributed by atoms with Crippen molar-refractivity contribution < 1.29 is 13.2 Å². The summed E-state index contributed by atoms with van der Waals surface area (Å²) in [5.41, 5.74) is 0. The zero-order valence-corrected chi connectivity index (χ0v) is 17.5. The highest BCUT2D eigenvalue weighted by molar-refractivity contribution is 7.89. The van der Waals surface area contributed by atoms with Crippen molar-refractivity contribution in [3.05, 3.63) is 42.5 Å². The van der Waals surface area contributed by atoms with E-state index in [2.05, 4.69) is 6.92 Å². The SMILES string of the molecule is CCCCN(C)CC(=O)N1CCN(S(=O)(=O)c2ccc3ccccc3c2)CC1. The zero-order chi connectivity index (χ0) is 20.1. The lowest BCUT2D eigenvalue weighted by Crippen LogP contribution is -2.52. The van der Waals surface area contributed by atoms with Crippen molar-refractivity contribution in [3.63, 3.8) is 0 Å². The fourth-order valence-electron chi connectivity index (χ4n) is 3.49. The van der Waals surface area contributed by atoms with E-state index in [-0.39, 0.29) is 5.91 Å². The summed E-state index contributed by atoms with van der Waals surface area (Å²) < 4.78 is 27.5. The van der Waals surface area contributed by atoms with Crippen LogP contribution in [0.3, 0.4) is 0 Å². The number of piperazine rings is 1. The van der Waals surface area contributed by atoms with Gasteiger partial charge in [0.25, 0.3) is 0 Å². The van der Waals surface area contributed by atoms with E-state index in [4.69, 9.17) is 0 Å². The Hall–Kier alpha value is -1.96. The maximum Gasteiger partial charge on any atom is 0.243 e. The molecule has 0 saturated carbocycles. The lowest BCUT2D eigenvalue weighted by molar-refractivity contribution is -0.133. The molecule has 28 heavy (non-hydrogen) atoms. The summed E-state index contributed by atoms with van der Waals surface area (Å²) in [6, 6.07) is 13.0. The van der Waals surface area contributed by atoms with E-state index in [1.54, 1.807) is 17.0 Å². The molecule has 1 saturated heterocycles. The summed E-state index contributed by atoms with van der Waals surface area (Å²) in [5, 5.41) is 1.93. The second-order valence-corrected chi connectivity index (χ2v) is 9.32. The molecular formula is C21H29N3O3S. The molecule has 1 aliphatic heterocycles. The predicted octanol–water partition coefficient (Wildman–Crippen LogP) is 2.40. The highest BCUT2D eigenvalue weighted by Crippen LogP contribution is 2.22. The van der Waals surface area contributed by atoms with Crippen LogP contribution in [-0.2, 0) is 14.8 Å². The number of unbranched alkanes of at least 4 members (excludes halogenated alkanes) is 1. The summed E-state index contributed by atoms with van der Waals surface area (Å²) in [7, 11) is -1.60. The zero-order valence-electron chi connectivity index (χ0n) is 16.7. The molecule has 152 valence electrons. The third-order valence-corrected chi connectivity index (χ3v) is 7.14. The Morgan fingerprint density at radius 1 is 1.04 bits per heavy atom. The molecule has 6 nitrogen and oxygen atoms in total. The molecule has 0 bridgehead atoms. The quantitative estimate of drug-likeness (QED) is 0.712. The van der Waals surface area contributed by atoms with Gasteiger partial charge in [-0.15, -0.1) is 0 Å². The summed E-state index contributed by atoms with van der Waals surface area (Å²) in [5.74, 6) is 0.0707. The van der Waals surface area contributed by atoms with Gasteiger partial charge in [0, 0.05) is 26.2 Å². The maximum absolute atomic E-state index is 13.0. The van der Waals surface area contributed by atoms with Crippen molar-refractivity contribution in [1.82, 2.24) is 14.1 Å². The molecule has 1 heterocycles. The highest BCUT2D eigenvalue weighted by Gasteiger charge is 2.30. The van der Waals surface area contributed by atoms with Crippen molar-refractivity contribution >= 4 is 26.7 Å². The van der Waals surface area contributed by atoms with Gasteiger partial charge < -0.3 is 4.90 Å². The van der Waals surface area contributed by atoms with Crippen molar-refractivity contribution in [2.75, 3.05) is 46.3 Å². The number of nitrogens with zero attached hydrogens (tertiary/aromatic N) is 3. The molecule has 2 aromatic carbocycles. The Labute approximate surface area is 167 Å². The molecule has 3 rings (SSSR count). The summed E-state index contributed by atoms with van der Waals surface area (Å²) in [6.45, 7) is 4.96. The Bertz CT molecular complexity index is 921. The number of likely N-dealkylation sites (N-methyl/N-ethyl adjacent to an activating group) is 1. The number of fused-ring (bicyclic) bond motifs is 1. The molecule has 1 amide bonds. The van der Waals surface area contributed by atoms with E-state index in [0.717, 1.165) is 30.2 Å². The minimum atomic E-state index is -3.55.